The first-order chi connectivity index (χ1) is 10.7. The average molecular weight is 313 g/mol. The molecule has 0 fully saturated rings. The van der Waals surface area contributed by atoms with E-state index < -0.39 is 5.97 Å². The highest BCUT2D eigenvalue weighted by Gasteiger charge is 2.00. The number of carbonyl (C=O) groups is 1. The SMILES string of the molecule is O=C(O)CS.c1cncc(Cc2cnc3ccccc3n2)c1. The van der Waals surface area contributed by atoms with Gasteiger partial charge in [-0.25, -0.2) is 4.98 Å². The van der Waals surface area contributed by atoms with Crippen molar-refractivity contribution in [3.63, 3.8) is 0 Å². The average Bonchev–Trinajstić information content (AvgIpc) is 2.56. The van der Waals surface area contributed by atoms with Crippen molar-refractivity contribution in [2.75, 3.05) is 5.75 Å². The molecule has 0 aliphatic heterocycles. The van der Waals surface area contributed by atoms with E-state index in [1.165, 1.54) is 0 Å². The first-order valence-electron chi connectivity index (χ1n) is 6.61. The van der Waals surface area contributed by atoms with Gasteiger partial charge in [0.2, 0.25) is 0 Å². The Kier molecular flexibility index (Phi) is 5.85. The molecule has 0 unspecified atom stereocenters. The van der Waals surface area contributed by atoms with Crippen LogP contribution in [0.3, 0.4) is 0 Å². The van der Waals surface area contributed by atoms with Gasteiger partial charge in [-0.05, 0) is 23.8 Å². The number of carboxylic acids is 1. The molecule has 0 amide bonds. The number of hydrogen-bond acceptors (Lipinski definition) is 5. The Labute approximate surface area is 133 Å². The minimum Gasteiger partial charge on any atom is -0.481 e. The lowest BCUT2D eigenvalue weighted by molar-refractivity contribution is -0.133. The van der Waals surface area contributed by atoms with E-state index in [2.05, 4.69) is 27.6 Å². The summed E-state index contributed by atoms with van der Waals surface area (Å²) in [5, 5.41) is 7.65. The molecule has 0 saturated heterocycles. The first-order valence-corrected chi connectivity index (χ1v) is 7.24. The quantitative estimate of drug-likeness (QED) is 0.727. The summed E-state index contributed by atoms with van der Waals surface area (Å²) in [7, 11) is 0. The van der Waals surface area contributed by atoms with Crippen molar-refractivity contribution >= 4 is 29.6 Å². The molecule has 5 nitrogen and oxygen atoms in total. The summed E-state index contributed by atoms with van der Waals surface area (Å²) in [5.41, 5.74) is 3.99. The van der Waals surface area contributed by atoms with Gasteiger partial charge in [-0.3, -0.25) is 14.8 Å². The number of thiol groups is 1. The molecule has 0 aliphatic carbocycles. The van der Waals surface area contributed by atoms with Crippen LogP contribution in [0.1, 0.15) is 11.3 Å². The van der Waals surface area contributed by atoms with Crippen molar-refractivity contribution in [2.24, 2.45) is 0 Å². The molecule has 3 rings (SSSR count). The zero-order valence-corrected chi connectivity index (χ0v) is 12.6. The molecular formula is C16H15N3O2S. The second-order valence-electron chi connectivity index (χ2n) is 4.44. The number of benzene rings is 1. The normalized spacial score (nSPS) is 9.86. The van der Waals surface area contributed by atoms with Crippen molar-refractivity contribution in [2.45, 2.75) is 6.42 Å². The summed E-state index contributed by atoms with van der Waals surface area (Å²) in [6.45, 7) is 0. The number of carboxylic acid groups (broad SMARTS) is 1. The molecule has 0 atom stereocenters. The predicted molar refractivity (Wildman–Crippen MR) is 88.1 cm³/mol. The standard InChI is InChI=1S/C14H11N3.C2H4O2S/c1-2-6-14-13(5-1)16-10-12(17-14)8-11-4-3-7-15-9-11;3-2(4)1-5/h1-7,9-10H,8H2;5H,1H2,(H,3,4). The first kappa shape index (κ1) is 15.9. The van der Waals surface area contributed by atoms with Gasteiger partial charge in [0.1, 0.15) is 0 Å². The number of para-hydroxylation sites is 2. The molecule has 0 bridgehead atoms. The number of aliphatic carboxylic acids is 1. The highest BCUT2D eigenvalue weighted by Crippen LogP contribution is 2.11. The molecule has 2 aromatic heterocycles. The lowest BCUT2D eigenvalue weighted by atomic mass is 10.1. The van der Waals surface area contributed by atoms with Crippen LogP contribution in [-0.2, 0) is 11.2 Å². The molecule has 6 heteroatoms. The van der Waals surface area contributed by atoms with Gasteiger partial charge in [0.05, 0.1) is 22.5 Å². The van der Waals surface area contributed by atoms with Gasteiger partial charge in [0.25, 0.3) is 0 Å². The van der Waals surface area contributed by atoms with Crippen molar-refractivity contribution in [1.82, 2.24) is 15.0 Å². The maximum atomic E-state index is 9.29. The van der Waals surface area contributed by atoms with E-state index in [-0.39, 0.29) is 5.75 Å². The molecule has 3 aromatic rings. The fourth-order valence-corrected chi connectivity index (χ4v) is 1.79. The third kappa shape index (κ3) is 4.82. The maximum absolute atomic E-state index is 9.29. The second-order valence-corrected chi connectivity index (χ2v) is 4.76. The van der Waals surface area contributed by atoms with Crippen LogP contribution in [0.15, 0.2) is 55.0 Å². The summed E-state index contributed by atoms with van der Waals surface area (Å²) >= 11 is 3.42. The van der Waals surface area contributed by atoms with Gasteiger partial charge in [-0.2, -0.15) is 12.6 Å². The van der Waals surface area contributed by atoms with Gasteiger partial charge < -0.3 is 5.11 Å². The van der Waals surface area contributed by atoms with Gasteiger partial charge in [0.15, 0.2) is 0 Å². The molecule has 1 N–H and O–H groups in total. The Morgan fingerprint density at radius 1 is 1.09 bits per heavy atom. The predicted octanol–water partition coefficient (Wildman–Crippen LogP) is 2.62. The number of hydrogen-bond donors (Lipinski definition) is 2. The summed E-state index contributed by atoms with van der Waals surface area (Å²) < 4.78 is 0. The van der Waals surface area contributed by atoms with E-state index in [1.54, 1.807) is 6.20 Å². The van der Waals surface area contributed by atoms with E-state index >= 15 is 0 Å². The third-order valence-electron chi connectivity index (χ3n) is 2.74. The smallest absolute Gasteiger partial charge is 0.313 e. The number of fused-ring (bicyclic) bond motifs is 1. The Balaban J connectivity index is 0.000000309. The Morgan fingerprint density at radius 3 is 2.45 bits per heavy atom. The van der Waals surface area contributed by atoms with Crippen LogP contribution < -0.4 is 0 Å². The highest BCUT2D eigenvalue weighted by molar-refractivity contribution is 7.81. The molecule has 2 heterocycles. The van der Waals surface area contributed by atoms with Crippen molar-refractivity contribution in [3.05, 3.63) is 66.2 Å². The van der Waals surface area contributed by atoms with Crippen LogP contribution in [0.2, 0.25) is 0 Å². The van der Waals surface area contributed by atoms with Crippen LogP contribution in [0.25, 0.3) is 11.0 Å². The second kappa shape index (κ2) is 8.09. The third-order valence-corrected chi connectivity index (χ3v) is 3.01. The van der Waals surface area contributed by atoms with Crippen molar-refractivity contribution in [3.8, 4) is 0 Å². The lowest BCUT2D eigenvalue weighted by Crippen LogP contribution is -1.94. The van der Waals surface area contributed by atoms with Crippen molar-refractivity contribution < 1.29 is 9.90 Å². The van der Waals surface area contributed by atoms with E-state index in [0.717, 1.165) is 28.7 Å². The number of pyridine rings is 1. The minimum atomic E-state index is -0.881. The monoisotopic (exact) mass is 313 g/mol. The van der Waals surface area contributed by atoms with E-state index in [0.29, 0.717) is 0 Å². The molecule has 0 saturated carbocycles. The molecule has 1 aromatic carbocycles. The van der Waals surface area contributed by atoms with Gasteiger partial charge in [-0.1, -0.05) is 18.2 Å². The molecule has 112 valence electrons. The van der Waals surface area contributed by atoms with Crippen LogP contribution in [0, 0.1) is 0 Å². The number of nitrogens with zero attached hydrogens (tertiary/aromatic N) is 3. The molecule has 0 spiro atoms. The summed E-state index contributed by atoms with van der Waals surface area (Å²) in [6, 6.07) is 11.9. The zero-order chi connectivity index (χ0) is 15.8. The van der Waals surface area contributed by atoms with E-state index in [9.17, 15) is 4.79 Å². The maximum Gasteiger partial charge on any atom is 0.313 e. The molecule has 0 radical (unpaired) electrons. The number of aromatic nitrogens is 3. The fourth-order valence-electron chi connectivity index (χ4n) is 1.79. The molecular weight excluding hydrogens is 298 g/mol. The van der Waals surface area contributed by atoms with Crippen LogP contribution in [0.5, 0.6) is 0 Å². The Bertz CT molecular complexity index is 750. The highest BCUT2D eigenvalue weighted by atomic mass is 32.1. The largest absolute Gasteiger partial charge is 0.481 e. The Morgan fingerprint density at radius 2 is 1.82 bits per heavy atom. The molecule has 22 heavy (non-hydrogen) atoms. The summed E-state index contributed by atoms with van der Waals surface area (Å²) in [5.74, 6) is -0.965. The van der Waals surface area contributed by atoms with Gasteiger partial charge in [0, 0.05) is 25.0 Å². The van der Waals surface area contributed by atoms with Gasteiger partial charge >= 0.3 is 5.97 Å². The van der Waals surface area contributed by atoms with Crippen LogP contribution >= 0.6 is 12.6 Å². The van der Waals surface area contributed by atoms with Crippen LogP contribution in [0.4, 0.5) is 0 Å². The fraction of sp³-hybridized carbons (Fsp3) is 0.125. The van der Waals surface area contributed by atoms with Crippen molar-refractivity contribution in [1.29, 1.82) is 0 Å². The summed E-state index contributed by atoms with van der Waals surface area (Å²) in [6.07, 6.45) is 6.23. The Hall–Kier alpha value is -2.47. The van der Waals surface area contributed by atoms with E-state index in [1.807, 2.05) is 48.8 Å². The van der Waals surface area contributed by atoms with Gasteiger partial charge in [-0.15, -0.1) is 0 Å². The minimum absolute atomic E-state index is 0.0833. The van der Waals surface area contributed by atoms with E-state index in [4.69, 9.17) is 5.11 Å². The lowest BCUT2D eigenvalue weighted by Gasteiger charge is -2.02. The van der Waals surface area contributed by atoms with Crippen LogP contribution in [-0.4, -0.2) is 31.8 Å². The molecule has 0 aliphatic rings. The zero-order valence-electron chi connectivity index (χ0n) is 11.8. The number of rotatable bonds is 3. The summed E-state index contributed by atoms with van der Waals surface area (Å²) in [4.78, 5) is 22.4. The topological polar surface area (TPSA) is 76.0 Å².